The Morgan fingerprint density at radius 1 is 1.45 bits per heavy atom. The normalized spacial score (nSPS) is 18.9. The molecule has 1 aliphatic heterocycles. The van der Waals surface area contributed by atoms with Crippen molar-refractivity contribution < 1.29 is 13.9 Å². The summed E-state index contributed by atoms with van der Waals surface area (Å²) in [6.45, 7) is 5.58. The molecule has 0 bridgehead atoms. The van der Waals surface area contributed by atoms with Crippen molar-refractivity contribution in [2.45, 2.75) is 39.2 Å². The van der Waals surface area contributed by atoms with Crippen LogP contribution in [0.15, 0.2) is 18.2 Å². The lowest BCUT2D eigenvalue weighted by molar-refractivity contribution is -0.00320. The number of halogens is 1. The molecule has 0 N–H and O–H groups in total. The summed E-state index contributed by atoms with van der Waals surface area (Å²) in [5.74, 6) is -0.697. The van der Waals surface area contributed by atoms with E-state index in [4.69, 9.17) is 4.74 Å². The minimum absolute atomic E-state index is 0.0844. The van der Waals surface area contributed by atoms with Crippen molar-refractivity contribution in [1.82, 2.24) is 4.90 Å². The third-order valence-electron chi connectivity index (χ3n) is 3.72. The Bertz CT molecular complexity index is 470. The molecule has 1 aromatic rings. The van der Waals surface area contributed by atoms with Gasteiger partial charge in [-0.2, -0.15) is 0 Å². The molecule has 0 radical (unpaired) electrons. The van der Waals surface area contributed by atoms with Gasteiger partial charge in [-0.05, 0) is 50.8 Å². The van der Waals surface area contributed by atoms with E-state index in [2.05, 4.69) is 0 Å². The number of nitrogens with zero attached hydrogens (tertiary/aromatic N) is 1. The molecule has 0 spiro atoms. The lowest BCUT2D eigenvalue weighted by Crippen LogP contribution is -2.40. The van der Waals surface area contributed by atoms with Gasteiger partial charge in [0.1, 0.15) is 5.82 Å². The highest BCUT2D eigenvalue weighted by atomic mass is 19.1. The van der Waals surface area contributed by atoms with Crippen molar-refractivity contribution in [2.75, 3.05) is 19.7 Å². The molecule has 20 heavy (non-hydrogen) atoms. The van der Waals surface area contributed by atoms with E-state index in [0.29, 0.717) is 13.1 Å². The fourth-order valence-corrected chi connectivity index (χ4v) is 2.52. The van der Waals surface area contributed by atoms with Gasteiger partial charge in [-0.3, -0.25) is 4.79 Å². The predicted octanol–water partition coefficient (Wildman–Crippen LogP) is 3.17. The van der Waals surface area contributed by atoms with Crippen LogP contribution in [0.4, 0.5) is 4.39 Å². The van der Waals surface area contributed by atoms with Gasteiger partial charge >= 0.3 is 0 Å². The van der Waals surface area contributed by atoms with E-state index >= 15 is 0 Å². The molecular formula is C16H22FNO2. The number of ether oxygens (including phenoxy) is 1. The van der Waals surface area contributed by atoms with E-state index in [9.17, 15) is 9.18 Å². The Morgan fingerprint density at radius 2 is 2.25 bits per heavy atom. The standard InChI is InChI=1S/C16H22FNO2/c1-3-18(11-13-6-4-5-9-20-13)16(19)14-8-7-12(2)10-15(14)17/h7-8,10,13H,3-6,9,11H2,1-2H3. The van der Waals surface area contributed by atoms with Crippen LogP contribution in [0.1, 0.15) is 42.1 Å². The lowest BCUT2D eigenvalue weighted by Gasteiger charge is -2.29. The first-order valence-corrected chi connectivity index (χ1v) is 7.29. The Balaban J connectivity index is 2.07. The van der Waals surface area contributed by atoms with Crippen LogP contribution in [-0.2, 0) is 4.74 Å². The average Bonchev–Trinajstić information content (AvgIpc) is 2.45. The van der Waals surface area contributed by atoms with Crippen LogP contribution in [0.5, 0.6) is 0 Å². The summed E-state index contributed by atoms with van der Waals surface area (Å²) in [6, 6.07) is 4.73. The smallest absolute Gasteiger partial charge is 0.256 e. The van der Waals surface area contributed by atoms with Crippen LogP contribution in [0.25, 0.3) is 0 Å². The number of aryl methyl sites for hydroxylation is 1. The summed E-state index contributed by atoms with van der Waals surface area (Å²) in [5, 5.41) is 0. The molecule has 1 amide bonds. The van der Waals surface area contributed by atoms with Gasteiger partial charge in [-0.25, -0.2) is 4.39 Å². The summed E-state index contributed by atoms with van der Waals surface area (Å²) < 4.78 is 19.6. The van der Waals surface area contributed by atoms with Crippen molar-refractivity contribution >= 4 is 5.91 Å². The van der Waals surface area contributed by atoms with Gasteiger partial charge in [0.25, 0.3) is 5.91 Å². The first-order valence-electron chi connectivity index (χ1n) is 7.29. The van der Waals surface area contributed by atoms with E-state index in [1.165, 1.54) is 6.07 Å². The number of hydrogen-bond donors (Lipinski definition) is 0. The van der Waals surface area contributed by atoms with E-state index in [1.54, 1.807) is 17.0 Å². The van der Waals surface area contributed by atoms with E-state index in [1.807, 2.05) is 13.8 Å². The topological polar surface area (TPSA) is 29.5 Å². The Hall–Kier alpha value is -1.42. The quantitative estimate of drug-likeness (QED) is 0.847. The molecule has 3 nitrogen and oxygen atoms in total. The SMILES string of the molecule is CCN(CC1CCCCO1)C(=O)c1ccc(C)cc1F. The first-order chi connectivity index (χ1) is 9.61. The summed E-state index contributed by atoms with van der Waals surface area (Å²) in [5.41, 5.74) is 0.964. The number of amides is 1. The van der Waals surface area contributed by atoms with Crippen LogP contribution in [0.2, 0.25) is 0 Å². The maximum absolute atomic E-state index is 13.9. The van der Waals surface area contributed by atoms with Crippen LogP contribution < -0.4 is 0 Å². The van der Waals surface area contributed by atoms with Gasteiger partial charge in [0.05, 0.1) is 11.7 Å². The zero-order valence-electron chi connectivity index (χ0n) is 12.2. The minimum Gasteiger partial charge on any atom is -0.376 e. The molecule has 1 fully saturated rings. The Kier molecular flexibility index (Phi) is 5.12. The zero-order valence-corrected chi connectivity index (χ0v) is 12.2. The fourth-order valence-electron chi connectivity index (χ4n) is 2.52. The van der Waals surface area contributed by atoms with Gasteiger partial charge < -0.3 is 9.64 Å². The molecule has 1 saturated heterocycles. The van der Waals surface area contributed by atoms with Crippen molar-refractivity contribution in [2.24, 2.45) is 0 Å². The predicted molar refractivity (Wildman–Crippen MR) is 76.3 cm³/mol. The third-order valence-corrected chi connectivity index (χ3v) is 3.72. The number of benzene rings is 1. The van der Waals surface area contributed by atoms with Crippen molar-refractivity contribution in [3.8, 4) is 0 Å². The number of hydrogen-bond acceptors (Lipinski definition) is 2. The number of likely N-dealkylation sites (N-methyl/N-ethyl adjacent to an activating group) is 1. The highest BCUT2D eigenvalue weighted by Crippen LogP contribution is 2.17. The third kappa shape index (κ3) is 3.57. The minimum atomic E-state index is -0.446. The van der Waals surface area contributed by atoms with Gasteiger partial charge in [0.2, 0.25) is 0 Å². The van der Waals surface area contributed by atoms with Crippen LogP contribution in [0.3, 0.4) is 0 Å². The molecule has 0 aliphatic carbocycles. The highest BCUT2D eigenvalue weighted by Gasteiger charge is 2.23. The van der Waals surface area contributed by atoms with Crippen molar-refractivity contribution in [3.63, 3.8) is 0 Å². The summed E-state index contributed by atoms with van der Waals surface area (Å²) in [6.07, 6.45) is 3.28. The van der Waals surface area contributed by atoms with Crippen LogP contribution in [-0.4, -0.2) is 36.6 Å². The fraction of sp³-hybridized carbons (Fsp3) is 0.562. The van der Waals surface area contributed by atoms with Crippen LogP contribution in [0, 0.1) is 12.7 Å². The molecule has 4 heteroatoms. The number of carbonyl (C=O) groups is 1. The number of rotatable bonds is 4. The Labute approximate surface area is 119 Å². The largest absolute Gasteiger partial charge is 0.376 e. The maximum atomic E-state index is 13.9. The molecule has 1 atom stereocenters. The summed E-state index contributed by atoms with van der Waals surface area (Å²) in [4.78, 5) is 14.1. The maximum Gasteiger partial charge on any atom is 0.256 e. The first kappa shape index (κ1) is 15.0. The Morgan fingerprint density at radius 3 is 2.85 bits per heavy atom. The second-order valence-corrected chi connectivity index (χ2v) is 5.32. The molecule has 0 saturated carbocycles. The molecule has 1 aliphatic rings. The molecule has 1 heterocycles. The molecule has 0 aromatic heterocycles. The van der Waals surface area contributed by atoms with Crippen molar-refractivity contribution in [3.05, 3.63) is 35.1 Å². The molecule has 110 valence electrons. The van der Waals surface area contributed by atoms with E-state index in [0.717, 1.165) is 31.4 Å². The molecular weight excluding hydrogens is 257 g/mol. The van der Waals surface area contributed by atoms with Gasteiger partial charge in [0, 0.05) is 19.7 Å². The van der Waals surface area contributed by atoms with E-state index < -0.39 is 5.82 Å². The van der Waals surface area contributed by atoms with Crippen molar-refractivity contribution in [1.29, 1.82) is 0 Å². The summed E-state index contributed by atoms with van der Waals surface area (Å²) in [7, 11) is 0. The molecule has 2 rings (SSSR count). The second kappa shape index (κ2) is 6.84. The monoisotopic (exact) mass is 279 g/mol. The number of carbonyl (C=O) groups excluding carboxylic acids is 1. The average molecular weight is 279 g/mol. The van der Waals surface area contributed by atoms with Gasteiger partial charge in [0.15, 0.2) is 0 Å². The second-order valence-electron chi connectivity index (χ2n) is 5.32. The lowest BCUT2D eigenvalue weighted by atomic mass is 10.1. The highest BCUT2D eigenvalue weighted by molar-refractivity contribution is 5.94. The van der Waals surface area contributed by atoms with Crippen LogP contribution >= 0.6 is 0 Å². The summed E-state index contributed by atoms with van der Waals surface area (Å²) >= 11 is 0. The molecule has 1 unspecified atom stereocenters. The molecule has 1 aromatic carbocycles. The van der Waals surface area contributed by atoms with Gasteiger partial charge in [-0.1, -0.05) is 6.07 Å². The van der Waals surface area contributed by atoms with Gasteiger partial charge in [-0.15, -0.1) is 0 Å². The zero-order chi connectivity index (χ0) is 14.5. The van der Waals surface area contributed by atoms with E-state index in [-0.39, 0.29) is 17.6 Å².